The summed E-state index contributed by atoms with van der Waals surface area (Å²) >= 11 is 0. The second-order valence-electron chi connectivity index (χ2n) is 7.99. The molecule has 2 aromatic carbocycles. The quantitative estimate of drug-likeness (QED) is 0.789. The Morgan fingerprint density at radius 3 is 2.48 bits per heavy atom. The molecule has 1 saturated heterocycles. The minimum atomic E-state index is -3.58. The van der Waals surface area contributed by atoms with Gasteiger partial charge in [-0.3, -0.25) is 4.79 Å². The van der Waals surface area contributed by atoms with Gasteiger partial charge >= 0.3 is 0 Å². The van der Waals surface area contributed by atoms with E-state index < -0.39 is 10.0 Å². The first-order valence-corrected chi connectivity index (χ1v) is 11.6. The summed E-state index contributed by atoms with van der Waals surface area (Å²) in [7, 11) is -1.53. The maximum absolute atomic E-state index is 12.9. The second kappa shape index (κ2) is 8.26. The zero-order valence-corrected chi connectivity index (χ0v) is 17.4. The molecule has 154 valence electrons. The van der Waals surface area contributed by atoms with Crippen molar-refractivity contribution in [2.45, 2.75) is 42.7 Å². The Morgan fingerprint density at radius 1 is 1.03 bits per heavy atom. The number of carbonyl (C=O) groups is 1. The second-order valence-corrected chi connectivity index (χ2v) is 9.70. The molecule has 1 aliphatic carbocycles. The first kappa shape index (κ1) is 20.1. The highest BCUT2D eigenvalue weighted by Crippen LogP contribution is 2.33. The maximum Gasteiger partial charge on any atom is 0.251 e. The molecule has 0 spiro atoms. The third kappa shape index (κ3) is 4.52. The lowest BCUT2D eigenvalue weighted by Crippen LogP contribution is -2.43. The number of nitrogens with one attached hydrogen (secondary N) is 2. The molecule has 1 amide bonds. The lowest BCUT2D eigenvalue weighted by molar-refractivity contribution is 0.0936. The number of piperidine rings is 1. The third-order valence-corrected chi connectivity index (χ3v) is 7.41. The predicted octanol–water partition coefficient (Wildman–Crippen LogP) is 2.48. The van der Waals surface area contributed by atoms with E-state index in [1.54, 1.807) is 24.3 Å². The molecule has 1 unspecified atom stereocenters. The largest absolute Gasteiger partial charge is 0.345 e. The number of fused-ring (bicyclic) bond motifs is 1. The molecule has 2 aliphatic rings. The van der Waals surface area contributed by atoms with Crippen LogP contribution >= 0.6 is 0 Å². The van der Waals surface area contributed by atoms with E-state index in [-0.39, 0.29) is 22.9 Å². The fraction of sp³-hybridized carbons (Fsp3) is 0.409. The number of benzene rings is 2. The van der Waals surface area contributed by atoms with Crippen LogP contribution in [0.1, 0.15) is 46.8 Å². The predicted molar refractivity (Wildman–Crippen MR) is 112 cm³/mol. The van der Waals surface area contributed by atoms with Crippen LogP contribution in [0.5, 0.6) is 0 Å². The van der Waals surface area contributed by atoms with E-state index in [1.165, 1.54) is 0 Å². The number of amides is 1. The van der Waals surface area contributed by atoms with Crippen LogP contribution < -0.4 is 10.0 Å². The summed E-state index contributed by atoms with van der Waals surface area (Å²) in [4.78, 5) is 15.0. The van der Waals surface area contributed by atoms with Crippen molar-refractivity contribution in [3.8, 4) is 0 Å². The average molecular weight is 414 g/mol. The van der Waals surface area contributed by atoms with Crippen LogP contribution in [0.3, 0.4) is 0 Å². The Balaban J connectivity index is 1.50. The molecular weight excluding hydrogens is 386 g/mol. The zero-order valence-electron chi connectivity index (χ0n) is 16.6. The molecule has 1 aliphatic heterocycles. The number of sulfonamides is 1. The summed E-state index contributed by atoms with van der Waals surface area (Å²) in [6, 6.07) is 14.2. The van der Waals surface area contributed by atoms with Crippen LogP contribution in [0.25, 0.3) is 0 Å². The molecular formula is C22H27N3O3S. The van der Waals surface area contributed by atoms with Gasteiger partial charge in [0.2, 0.25) is 10.0 Å². The van der Waals surface area contributed by atoms with Gasteiger partial charge in [-0.05, 0) is 81.2 Å². The van der Waals surface area contributed by atoms with Gasteiger partial charge < -0.3 is 10.2 Å². The molecule has 1 fully saturated rings. The van der Waals surface area contributed by atoms with Gasteiger partial charge in [-0.25, -0.2) is 13.1 Å². The van der Waals surface area contributed by atoms with Gasteiger partial charge in [-0.1, -0.05) is 24.3 Å². The van der Waals surface area contributed by atoms with E-state index in [9.17, 15) is 13.2 Å². The fourth-order valence-electron chi connectivity index (χ4n) is 4.14. The molecule has 0 radical (unpaired) electrons. The van der Waals surface area contributed by atoms with Crippen molar-refractivity contribution < 1.29 is 13.2 Å². The van der Waals surface area contributed by atoms with Crippen molar-refractivity contribution in [2.24, 2.45) is 0 Å². The Morgan fingerprint density at radius 2 is 1.76 bits per heavy atom. The highest BCUT2D eigenvalue weighted by molar-refractivity contribution is 7.89. The summed E-state index contributed by atoms with van der Waals surface area (Å²) in [5, 5.41) is 3.06. The first-order chi connectivity index (χ1) is 13.9. The number of hydrogen-bond acceptors (Lipinski definition) is 4. The van der Waals surface area contributed by atoms with Gasteiger partial charge in [-0.2, -0.15) is 0 Å². The van der Waals surface area contributed by atoms with Crippen molar-refractivity contribution in [1.82, 2.24) is 14.9 Å². The van der Waals surface area contributed by atoms with Crippen LogP contribution in [0.2, 0.25) is 0 Å². The van der Waals surface area contributed by atoms with Gasteiger partial charge in [0.05, 0.1) is 10.9 Å². The van der Waals surface area contributed by atoms with E-state index in [0.29, 0.717) is 5.56 Å². The zero-order chi connectivity index (χ0) is 20.4. The van der Waals surface area contributed by atoms with Crippen molar-refractivity contribution in [1.29, 1.82) is 0 Å². The average Bonchev–Trinajstić information content (AvgIpc) is 3.12. The summed E-state index contributed by atoms with van der Waals surface area (Å²) in [5.74, 6) is -0.138. The van der Waals surface area contributed by atoms with Crippen LogP contribution in [0.4, 0.5) is 0 Å². The Bertz CT molecular complexity index is 984. The van der Waals surface area contributed by atoms with Gasteiger partial charge in [-0.15, -0.1) is 0 Å². The molecule has 0 aromatic heterocycles. The summed E-state index contributed by atoms with van der Waals surface area (Å²) in [6.07, 6.45) is 3.24. The number of rotatable bonds is 5. The van der Waals surface area contributed by atoms with E-state index in [2.05, 4.69) is 22.0 Å². The molecule has 2 aromatic rings. The number of aryl methyl sites for hydroxylation is 1. The highest BCUT2D eigenvalue weighted by atomic mass is 32.2. The standard InChI is InChI=1S/C22H27N3O3S/c1-25-13-11-18(12-14-25)24-29(27,28)19-9-7-16-8-10-21(20(16)15-19)23-22(26)17-5-3-2-4-6-17/h2-7,9,15,18,21,24H,8,10-14H2,1H3,(H,23,26). The molecule has 0 bridgehead atoms. The summed E-state index contributed by atoms with van der Waals surface area (Å²) < 4.78 is 28.7. The van der Waals surface area contributed by atoms with Gasteiger partial charge in [0.15, 0.2) is 0 Å². The van der Waals surface area contributed by atoms with Crippen molar-refractivity contribution >= 4 is 15.9 Å². The smallest absolute Gasteiger partial charge is 0.251 e. The van der Waals surface area contributed by atoms with Crippen LogP contribution in [0.15, 0.2) is 53.4 Å². The van der Waals surface area contributed by atoms with Crippen molar-refractivity contribution in [3.63, 3.8) is 0 Å². The minimum absolute atomic E-state index is 0.0296. The van der Waals surface area contributed by atoms with Gasteiger partial charge in [0.25, 0.3) is 5.91 Å². The monoisotopic (exact) mass is 413 g/mol. The molecule has 1 atom stereocenters. The summed E-state index contributed by atoms with van der Waals surface area (Å²) in [5.41, 5.74) is 2.61. The normalized spacial score (nSPS) is 20.4. The van der Waals surface area contributed by atoms with Crippen LogP contribution in [0, 0.1) is 0 Å². The molecule has 4 rings (SSSR count). The number of likely N-dealkylation sites (tertiary alicyclic amines) is 1. The molecule has 1 heterocycles. The highest BCUT2D eigenvalue weighted by Gasteiger charge is 2.28. The fourth-order valence-corrected chi connectivity index (χ4v) is 5.48. The minimum Gasteiger partial charge on any atom is -0.345 e. The molecule has 6 nitrogen and oxygen atoms in total. The Kier molecular flexibility index (Phi) is 5.72. The van der Waals surface area contributed by atoms with E-state index in [0.717, 1.165) is 49.9 Å². The SMILES string of the molecule is CN1CCC(NS(=O)(=O)c2ccc3c(c2)C(NC(=O)c2ccccc2)CC3)CC1. The topological polar surface area (TPSA) is 78.5 Å². The van der Waals surface area contributed by atoms with Gasteiger partial charge in [0, 0.05) is 11.6 Å². The van der Waals surface area contributed by atoms with Crippen molar-refractivity contribution in [2.75, 3.05) is 20.1 Å². The number of carbonyl (C=O) groups excluding carboxylic acids is 1. The molecule has 29 heavy (non-hydrogen) atoms. The summed E-state index contributed by atoms with van der Waals surface area (Å²) in [6.45, 7) is 1.79. The van der Waals surface area contributed by atoms with Crippen LogP contribution in [-0.4, -0.2) is 45.4 Å². The maximum atomic E-state index is 12.9. The van der Waals surface area contributed by atoms with E-state index >= 15 is 0 Å². The number of nitrogens with zero attached hydrogens (tertiary/aromatic N) is 1. The third-order valence-electron chi connectivity index (χ3n) is 5.89. The van der Waals surface area contributed by atoms with Crippen molar-refractivity contribution in [3.05, 3.63) is 65.2 Å². The molecule has 0 saturated carbocycles. The first-order valence-electron chi connectivity index (χ1n) is 10.1. The number of hydrogen-bond donors (Lipinski definition) is 2. The Labute approximate surface area is 172 Å². The Hall–Kier alpha value is -2.22. The lowest BCUT2D eigenvalue weighted by Gasteiger charge is -2.29. The molecule has 2 N–H and O–H groups in total. The lowest BCUT2D eigenvalue weighted by atomic mass is 10.1. The van der Waals surface area contributed by atoms with Crippen LogP contribution in [-0.2, 0) is 16.4 Å². The van der Waals surface area contributed by atoms with Gasteiger partial charge in [0.1, 0.15) is 0 Å². The van der Waals surface area contributed by atoms with E-state index in [1.807, 2.05) is 24.3 Å². The molecule has 7 heteroatoms. The van der Waals surface area contributed by atoms with E-state index in [4.69, 9.17) is 0 Å².